The minimum absolute atomic E-state index is 0.204. The van der Waals surface area contributed by atoms with Gasteiger partial charge in [-0.05, 0) is 47.1 Å². The van der Waals surface area contributed by atoms with Crippen molar-refractivity contribution in [1.29, 1.82) is 0 Å². The number of carbonyl (C=O) groups is 1. The second kappa shape index (κ2) is 6.07. The third-order valence-electron chi connectivity index (χ3n) is 5.57. The van der Waals surface area contributed by atoms with Crippen molar-refractivity contribution in [3.63, 3.8) is 0 Å². The molecular weight excluding hydrogens is 310 g/mol. The van der Waals surface area contributed by atoms with Gasteiger partial charge in [0.15, 0.2) is 0 Å². The maximum atomic E-state index is 11.1. The van der Waals surface area contributed by atoms with Crippen LogP contribution < -0.4 is 5.32 Å². The van der Waals surface area contributed by atoms with Crippen LogP contribution in [-0.4, -0.2) is 11.1 Å². The van der Waals surface area contributed by atoms with Crippen LogP contribution in [0.5, 0.6) is 0 Å². The van der Waals surface area contributed by atoms with Crippen LogP contribution in [0, 0.1) is 5.92 Å². The number of anilines is 1. The van der Waals surface area contributed by atoms with Gasteiger partial charge in [-0.2, -0.15) is 0 Å². The number of hydrogen-bond acceptors (Lipinski definition) is 2. The third kappa shape index (κ3) is 2.64. The number of carboxylic acid groups (broad SMARTS) is 1. The van der Waals surface area contributed by atoms with E-state index < -0.39 is 5.97 Å². The van der Waals surface area contributed by atoms with Crippen LogP contribution in [0.2, 0.25) is 0 Å². The minimum Gasteiger partial charge on any atom is -0.478 e. The Morgan fingerprint density at radius 2 is 1.92 bits per heavy atom. The van der Waals surface area contributed by atoms with E-state index in [1.807, 2.05) is 12.1 Å². The number of para-hydroxylation sites is 1. The Labute approximate surface area is 148 Å². The molecule has 0 radical (unpaired) electrons. The number of fused-ring (bicyclic) bond motifs is 3. The Kier molecular flexibility index (Phi) is 3.87. The molecule has 2 aliphatic rings. The lowest BCUT2D eigenvalue weighted by molar-refractivity contribution is 0.0697. The predicted octanol–water partition coefficient (Wildman–Crippen LogP) is 5.33. The zero-order valence-electron chi connectivity index (χ0n) is 14.6. The monoisotopic (exact) mass is 333 g/mol. The Balaban J connectivity index is 1.77. The summed E-state index contributed by atoms with van der Waals surface area (Å²) in [4.78, 5) is 11.1. The first-order chi connectivity index (χ1) is 12.1. The summed E-state index contributed by atoms with van der Waals surface area (Å²) < 4.78 is 0. The van der Waals surface area contributed by atoms with Crippen LogP contribution >= 0.6 is 0 Å². The second-order valence-electron chi connectivity index (χ2n) is 7.37. The van der Waals surface area contributed by atoms with Gasteiger partial charge in [-0.1, -0.05) is 56.3 Å². The van der Waals surface area contributed by atoms with Gasteiger partial charge in [-0.25, -0.2) is 4.79 Å². The van der Waals surface area contributed by atoms with Crippen LogP contribution in [0.25, 0.3) is 0 Å². The van der Waals surface area contributed by atoms with Crippen LogP contribution in [0.4, 0.5) is 5.69 Å². The summed E-state index contributed by atoms with van der Waals surface area (Å²) in [5.41, 5.74) is 5.50. The smallest absolute Gasteiger partial charge is 0.335 e. The molecule has 0 unspecified atom stereocenters. The molecule has 25 heavy (non-hydrogen) atoms. The number of aromatic carboxylic acids is 1. The molecule has 3 nitrogen and oxygen atoms in total. The first-order valence-corrected chi connectivity index (χ1v) is 8.95. The largest absolute Gasteiger partial charge is 0.478 e. The maximum Gasteiger partial charge on any atom is 0.335 e. The molecule has 1 heterocycles. The molecule has 4 rings (SSSR count). The summed E-state index contributed by atoms with van der Waals surface area (Å²) in [7, 11) is 0. The van der Waals surface area contributed by atoms with Gasteiger partial charge in [0.2, 0.25) is 0 Å². The number of allylic oxidation sites excluding steroid dienone is 2. The average molecular weight is 333 g/mol. The SMILES string of the molecule is CC(C)c1cccc2c1N[C@H](c1ccc(C(=O)O)cc1)[C@H]1CC=C[C@H]21. The quantitative estimate of drug-likeness (QED) is 0.746. The number of carboxylic acids is 1. The van der Waals surface area contributed by atoms with Gasteiger partial charge < -0.3 is 10.4 Å². The topological polar surface area (TPSA) is 49.3 Å². The highest BCUT2D eigenvalue weighted by Gasteiger charge is 2.38. The van der Waals surface area contributed by atoms with E-state index in [2.05, 4.69) is 49.5 Å². The fourth-order valence-corrected chi connectivity index (χ4v) is 4.29. The fraction of sp³-hybridized carbons (Fsp3) is 0.318. The minimum atomic E-state index is -0.879. The van der Waals surface area contributed by atoms with Crippen molar-refractivity contribution < 1.29 is 9.90 Å². The number of rotatable bonds is 3. The highest BCUT2D eigenvalue weighted by molar-refractivity contribution is 5.87. The number of nitrogens with one attached hydrogen (secondary N) is 1. The number of benzene rings is 2. The highest BCUT2D eigenvalue weighted by atomic mass is 16.4. The molecule has 0 saturated carbocycles. The molecule has 2 aromatic carbocycles. The van der Waals surface area contributed by atoms with E-state index in [1.165, 1.54) is 16.8 Å². The summed E-state index contributed by atoms with van der Waals surface area (Å²) in [6, 6.07) is 14.2. The molecule has 1 aliphatic carbocycles. The molecule has 2 aromatic rings. The molecule has 0 bridgehead atoms. The van der Waals surface area contributed by atoms with Crippen molar-refractivity contribution in [2.45, 2.75) is 38.1 Å². The van der Waals surface area contributed by atoms with Crippen molar-refractivity contribution in [3.8, 4) is 0 Å². The summed E-state index contributed by atoms with van der Waals surface area (Å²) in [6.45, 7) is 4.45. The van der Waals surface area contributed by atoms with Crippen molar-refractivity contribution in [1.82, 2.24) is 0 Å². The summed E-state index contributed by atoms with van der Waals surface area (Å²) >= 11 is 0. The van der Waals surface area contributed by atoms with E-state index in [0.29, 0.717) is 23.3 Å². The molecule has 1 aliphatic heterocycles. The summed E-state index contributed by atoms with van der Waals surface area (Å²) in [6.07, 6.45) is 5.67. The van der Waals surface area contributed by atoms with Gasteiger partial charge in [0.05, 0.1) is 11.6 Å². The molecule has 2 N–H and O–H groups in total. The van der Waals surface area contributed by atoms with Crippen LogP contribution in [-0.2, 0) is 0 Å². The normalized spacial score (nSPS) is 23.9. The van der Waals surface area contributed by atoms with E-state index in [9.17, 15) is 4.79 Å². The first kappa shape index (κ1) is 15.9. The lowest BCUT2D eigenvalue weighted by Gasteiger charge is -2.39. The predicted molar refractivity (Wildman–Crippen MR) is 100 cm³/mol. The van der Waals surface area contributed by atoms with Crippen LogP contribution in [0.1, 0.15) is 65.2 Å². The molecule has 0 fully saturated rings. The molecule has 0 spiro atoms. The van der Waals surface area contributed by atoms with E-state index >= 15 is 0 Å². The van der Waals surface area contributed by atoms with Gasteiger partial charge in [0.25, 0.3) is 0 Å². The molecule has 0 aromatic heterocycles. The van der Waals surface area contributed by atoms with Gasteiger partial charge in [0.1, 0.15) is 0 Å². The highest BCUT2D eigenvalue weighted by Crippen LogP contribution is 2.51. The molecule has 0 saturated heterocycles. The van der Waals surface area contributed by atoms with Crippen molar-refractivity contribution in [3.05, 3.63) is 76.9 Å². The zero-order chi connectivity index (χ0) is 17.6. The van der Waals surface area contributed by atoms with E-state index in [4.69, 9.17) is 5.11 Å². The van der Waals surface area contributed by atoms with Gasteiger partial charge in [-0.3, -0.25) is 0 Å². The van der Waals surface area contributed by atoms with Crippen molar-refractivity contribution in [2.75, 3.05) is 5.32 Å². The lowest BCUT2D eigenvalue weighted by Crippen LogP contribution is -2.30. The van der Waals surface area contributed by atoms with Crippen molar-refractivity contribution in [2.24, 2.45) is 5.92 Å². The Morgan fingerprint density at radius 3 is 2.60 bits per heavy atom. The summed E-state index contributed by atoms with van der Waals surface area (Å²) in [5, 5.41) is 12.9. The Bertz CT molecular complexity index is 836. The van der Waals surface area contributed by atoms with Crippen molar-refractivity contribution >= 4 is 11.7 Å². The standard InChI is InChI=1S/C22H23NO2/c1-13(2)16-5-3-8-19-17-6-4-7-18(17)20(23-21(16)19)14-9-11-15(12-10-14)22(24)25/h3-6,8-13,17-18,20,23H,7H2,1-2H3,(H,24,25)/t17-,18-,20+/m0/s1. The Morgan fingerprint density at radius 1 is 1.16 bits per heavy atom. The van der Waals surface area contributed by atoms with Gasteiger partial charge >= 0.3 is 5.97 Å². The lowest BCUT2D eigenvalue weighted by atomic mass is 9.75. The van der Waals surface area contributed by atoms with Crippen LogP contribution in [0.3, 0.4) is 0 Å². The average Bonchev–Trinajstić information content (AvgIpc) is 3.10. The molecular formula is C22H23NO2. The summed E-state index contributed by atoms with van der Waals surface area (Å²) in [5.74, 6) is 0.486. The molecule has 3 atom stereocenters. The van der Waals surface area contributed by atoms with Gasteiger partial charge in [-0.15, -0.1) is 0 Å². The first-order valence-electron chi connectivity index (χ1n) is 8.95. The third-order valence-corrected chi connectivity index (χ3v) is 5.57. The number of hydrogen-bond donors (Lipinski definition) is 2. The Hall–Kier alpha value is -2.55. The molecule has 0 amide bonds. The molecule has 3 heteroatoms. The van der Waals surface area contributed by atoms with E-state index in [1.54, 1.807) is 12.1 Å². The van der Waals surface area contributed by atoms with Crippen LogP contribution in [0.15, 0.2) is 54.6 Å². The molecule has 128 valence electrons. The van der Waals surface area contributed by atoms with Gasteiger partial charge in [0, 0.05) is 11.6 Å². The maximum absolute atomic E-state index is 11.1. The second-order valence-corrected chi connectivity index (χ2v) is 7.37. The van der Waals surface area contributed by atoms with E-state index in [-0.39, 0.29) is 6.04 Å². The van der Waals surface area contributed by atoms with E-state index in [0.717, 1.165) is 12.0 Å². The fourth-order valence-electron chi connectivity index (χ4n) is 4.29. The zero-order valence-corrected chi connectivity index (χ0v) is 14.6.